The molecule has 1 heterocycles. The zero-order valence-corrected chi connectivity index (χ0v) is 10.1. The van der Waals surface area contributed by atoms with Gasteiger partial charge in [0.05, 0.1) is 12.0 Å². The molecule has 1 aromatic heterocycles. The van der Waals surface area contributed by atoms with Crippen molar-refractivity contribution in [3.05, 3.63) is 52.3 Å². The van der Waals surface area contributed by atoms with Gasteiger partial charge in [0.2, 0.25) is 0 Å². The lowest BCUT2D eigenvalue weighted by Crippen LogP contribution is -2.10. The molecule has 7 heteroatoms. The van der Waals surface area contributed by atoms with Crippen LogP contribution in [0.15, 0.2) is 36.7 Å². The van der Waals surface area contributed by atoms with E-state index in [2.05, 4.69) is 5.10 Å². The molecule has 0 fully saturated rings. The van der Waals surface area contributed by atoms with Gasteiger partial charge in [0, 0.05) is 5.56 Å². The highest BCUT2D eigenvalue weighted by molar-refractivity contribution is 5.96. The zero-order chi connectivity index (χ0) is 13.8. The van der Waals surface area contributed by atoms with Crippen LogP contribution in [0.2, 0.25) is 0 Å². The maximum atomic E-state index is 12.0. The van der Waals surface area contributed by atoms with Gasteiger partial charge in [-0.2, -0.15) is 5.10 Å². The summed E-state index contributed by atoms with van der Waals surface area (Å²) in [4.78, 5) is 21.9. The van der Waals surface area contributed by atoms with Gasteiger partial charge in [-0.3, -0.25) is 19.6 Å². The maximum Gasteiger partial charge on any atom is 0.307 e. The van der Waals surface area contributed by atoms with E-state index in [1.807, 2.05) is 0 Å². The Morgan fingerprint density at radius 3 is 2.95 bits per heavy atom. The number of Topliss-reactive ketones (excluding diaryl/α,β-unsaturated/α-hetero) is 1. The first-order chi connectivity index (χ1) is 9.10. The van der Waals surface area contributed by atoms with Crippen LogP contribution in [0.25, 0.3) is 0 Å². The molecule has 0 saturated carbocycles. The molecule has 0 aliphatic heterocycles. The predicted molar refractivity (Wildman–Crippen MR) is 66.2 cm³/mol. The number of hydrogen-bond donors (Lipinski definition) is 0. The van der Waals surface area contributed by atoms with Gasteiger partial charge in [-0.25, -0.2) is 0 Å². The van der Waals surface area contributed by atoms with Gasteiger partial charge >= 0.3 is 5.69 Å². The predicted octanol–water partition coefficient (Wildman–Crippen LogP) is 1.68. The Hall–Kier alpha value is -2.70. The number of hydrogen-bond acceptors (Lipinski definition) is 5. The van der Waals surface area contributed by atoms with Crippen LogP contribution in [0.4, 0.5) is 5.69 Å². The zero-order valence-electron chi connectivity index (χ0n) is 10.1. The largest absolute Gasteiger partial charge is 0.497 e. The summed E-state index contributed by atoms with van der Waals surface area (Å²) in [6.07, 6.45) is 2.33. The third-order valence-corrected chi connectivity index (χ3v) is 2.53. The fraction of sp³-hybridized carbons (Fsp3) is 0.167. The number of nitro groups is 1. The average molecular weight is 261 g/mol. The quantitative estimate of drug-likeness (QED) is 0.464. The number of methoxy groups -OCH3 is 1. The number of aromatic nitrogens is 2. The number of carbonyl (C=O) groups excluding carboxylic acids is 1. The summed E-state index contributed by atoms with van der Waals surface area (Å²) in [7, 11) is 1.51. The lowest BCUT2D eigenvalue weighted by molar-refractivity contribution is -0.385. The summed E-state index contributed by atoms with van der Waals surface area (Å²) in [5.74, 6) is 0.384. The van der Waals surface area contributed by atoms with E-state index in [-0.39, 0.29) is 18.0 Å². The fourth-order valence-corrected chi connectivity index (χ4v) is 1.57. The van der Waals surface area contributed by atoms with Gasteiger partial charge in [0.25, 0.3) is 0 Å². The number of benzene rings is 1. The summed E-state index contributed by atoms with van der Waals surface area (Å²) < 4.78 is 6.26. The Labute approximate surface area is 108 Å². The molecule has 98 valence electrons. The van der Waals surface area contributed by atoms with Crippen molar-refractivity contribution in [3.63, 3.8) is 0 Å². The normalized spacial score (nSPS) is 10.2. The molecule has 2 rings (SSSR count). The highest BCUT2D eigenvalue weighted by Gasteiger charge is 2.12. The molecule has 19 heavy (non-hydrogen) atoms. The molecule has 0 bridgehead atoms. The Morgan fingerprint density at radius 1 is 1.53 bits per heavy atom. The number of nitrogens with zero attached hydrogens (tertiary/aromatic N) is 3. The molecule has 0 N–H and O–H groups in total. The van der Waals surface area contributed by atoms with Gasteiger partial charge < -0.3 is 4.74 Å². The molecular formula is C12H11N3O4. The summed E-state index contributed by atoms with van der Waals surface area (Å²) in [6.45, 7) is -0.0546. The van der Waals surface area contributed by atoms with Crippen LogP contribution >= 0.6 is 0 Å². The lowest BCUT2D eigenvalue weighted by Gasteiger charge is -2.03. The van der Waals surface area contributed by atoms with Crippen molar-refractivity contribution in [2.75, 3.05) is 7.11 Å². The van der Waals surface area contributed by atoms with E-state index in [1.54, 1.807) is 24.3 Å². The van der Waals surface area contributed by atoms with Gasteiger partial charge in [-0.1, -0.05) is 12.1 Å². The van der Waals surface area contributed by atoms with Crippen molar-refractivity contribution in [3.8, 4) is 5.75 Å². The smallest absolute Gasteiger partial charge is 0.307 e. The molecule has 0 unspecified atom stereocenters. The van der Waals surface area contributed by atoms with E-state index in [4.69, 9.17) is 4.74 Å². The van der Waals surface area contributed by atoms with Gasteiger partial charge in [-0.05, 0) is 12.1 Å². The second-order valence-electron chi connectivity index (χ2n) is 3.81. The number of ether oxygens (including phenoxy) is 1. The molecule has 0 saturated heterocycles. The SMILES string of the molecule is COc1cccc(C(=O)Cn2cc([N+](=O)[O-])cn2)c1. The summed E-state index contributed by atoms with van der Waals surface area (Å²) in [6, 6.07) is 6.70. The van der Waals surface area contributed by atoms with E-state index < -0.39 is 4.92 Å². The average Bonchev–Trinajstić information content (AvgIpc) is 2.87. The first kappa shape index (κ1) is 12.7. The fourth-order valence-electron chi connectivity index (χ4n) is 1.57. The van der Waals surface area contributed by atoms with Crippen molar-refractivity contribution < 1.29 is 14.5 Å². The first-order valence-electron chi connectivity index (χ1n) is 5.44. The maximum absolute atomic E-state index is 12.0. The monoisotopic (exact) mass is 261 g/mol. The summed E-state index contributed by atoms with van der Waals surface area (Å²) >= 11 is 0. The Bertz CT molecular complexity index is 621. The molecule has 2 aromatic rings. The van der Waals surface area contributed by atoms with Crippen molar-refractivity contribution in [1.82, 2.24) is 9.78 Å². The van der Waals surface area contributed by atoms with Crippen LogP contribution in [0.5, 0.6) is 5.75 Å². The Balaban J connectivity index is 2.13. The molecule has 7 nitrogen and oxygen atoms in total. The third-order valence-electron chi connectivity index (χ3n) is 2.53. The van der Waals surface area contributed by atoms with Crippen molar-refractivity contribution in [2.24, 2.45) is 0 Å². The van der Waals surface area contributed by atoms with Crippen molar-refractivity contribution >= 4 is 11.5 Å². The Kier molecular flexibility index (Phi) is 3.56. The summed E-state index contributed by atoms with van der Waals surface area (Å²) in [5.41, 5.74) is 0.330. The number of rotatable bonds is 5. The van der Waals surface area contributed by atoms with Gasteiger partial charge in [0.15, 0.2) is 5.78 Å². The minimum Gasteiger partial charge on any atom is -0.497 e. The third kappa shape index (κ3) is 2.95. The van der Waals surface area contributed by atoms with E-state index in [1.165, 1.54) is 18.0 Å². The molecule has 0 aliphatic rings. The van der Waals surface area contributed by atoms with E-state index in [9.17, 15) is 14.9 Å². The van der Waals surface area contributed by atoms with Crippen LogP contribution in [-0.2, 0) is 6.54 Å². The van der Waals surface area contributed by atoms with Gasteiger partial charge in [0.1, 0.15) is 24.7 Å². The topological polar surface area (TPSA) is 87.3 Å². The summed E-state index contributed by atoms with van der Waals surface area (Å²) in [5, 5.41) is 14.3. The van der Waals surface area contributed by atoms with E-state index >= 15 is 0 Å². The van der Waals surface area contributed by atoms with E-state index in [0.717, 1.165) is 6.20 Å². The minimum absolute atomic E-state index is 0.0546. The van der Waals surface area contributed by atoms with Crippen LogP contribution in [-0.4, -0.2) is 27.6 Å². The van der Waals surface area contributed by atoms with Crippen molar-refractivity contribution in [1.29, 1.82) is 0 Å². The first-order valence-corrected chi connectivity index (χ1v) is 5.44. The van der Waals surface area contributed by atoms with Crippen LogP contribution < -0.4 is 4.74 Å². The molecule has 0 atom stereocenters. The van der Waals surface area contributed by atoms with Crippen LogP contribution in [0, 0.1) is 10.1 Å². The van der Waals surface area contributed by atoms with Gasteiger partial charge in [-0.15, -0.1) is 0 Å². The molecular weight excluding hydrogens is 250 g/mol. The Morgan fingerprint density at radius 2 is 2.32 bits per heavy atom. The highest BCUT2D eigenvalue weighted by atomic mass is 16.6. The van der Waals surface area contributed by atoms with Crippen LogP contribution in [0.3, 0.4) is 0 Å². The highest BCUT2D eigenvalue weighted by Crippen LogP contribution is 2.14. The number of ketones is 1. The molecule has 0 radical (unpaired) electrons. The lowest BCUT2D eigenvalue weighted by atomic mass is 10.1. The molecule has 1 aromatic carbocycles. The second-order valence-corrected chi connectivity index (χ2v) is 3.81. The molecule has 0 aliphatic carbocycles. The second kappa shape index (κ2) is 5.30. The van der Waals surface area contributed by atoms with Crippen molar-refractivity contribution in [2.45, 2.75) is 6.54 Å². The number of carbonyl (C=O) groups is 1. The molecule has 0 spiro atoms. The molecule has 0 amide bonds. The minimum atomic E-state index is -0.556. The van der Waals surface area contributed by atoms with E-state index in [0.29, 0.717) is 11.3 Å². The van der Waals surface area contributed by atoms with Crippen LogP contribution in [0.1, 0.15) is 10.4 Å². The standard InChI is InChI=1S/C12H11N3O4/c1-19-11-4-2-3-9(5-11)12(16)8-14-7-10(6-13-14)15(17)18/h2-7H,8H2,1H3.